The second kappa shape index (κ2) is 5.07. The molecule has 2 aromatic rings. The summed E-state index contributed by atoms with van der Waals surface area (Å²) >= 11 is 6.17. The summed E-state index contributed by atoms with van der Waals surface area (Å²) in [6.07, 6.45) is 0.790. The van der Waals surface area contributed by atoms with Crippen LogP contribution in [0.5, 0.6) is 0 Å². The molecule has 3 heteroatoms. The fourth-order valence-electron chi connectivity index (χ4n) is 1.86. The van der Waals surface area contributed by atoms with Gasteiger partial charge in [-0.3, -0.25) is 0 Å². The Morgan fingerprint density at radius 1 is 1.06 bits per heavy atom. The maximum atomic E-state index is 6.17. The van der Waals surface area contributed by atoms with Gasteiger partial charge in [-0.25, -0.2) is 9.97 Å². The lowest BCUT2D eigenvalue weighted by atomic mass is 10.0. The predicted molar refractivity (Wildman–Crippen MR) is 76.1 cm³/mol. The number of hydrogen-bond acceptors (Lipinski definition) is 2. The van der Waals surface area contributed by atoms with Crippen LogP contribution in [-0.2, 0) is 6.42 Å². The monoisotopic (exact) mass is 260 g/mol. The molecule has 1 aromatic heterocycles. The van der Waals surface area contributed by atoms with Gasteiger partial charge >= 0.3 is 0 Å². The van der Waals surface area contributed by atoms with Crippen LogP contribution < -0.4 is 0 Å². The second-order valence-electron chi connectivity index (χ2n) is 4.56. The quantitative estimate of drug-likeness (QED) is 0.753. The summed E-state index contributed by atoms with van der Waals surface area (Å²) in [4.78, 5) is 8.87. The van der Waals surface area contributed by atoms with Crippen molar-refractivity contribution in [2.24, 2.45) is 0 Å². The lowest BCUT2D eigenvalue weighted by Crippen LogP contribution is -1.99. The molecule has 94 valence electrons. The van der Waals surface area contributed by atoms with E-state index in [1.165, 1.54) is 11.1 Å². The fraction of sp³-hybridized carbons (Fsp3) is 0.333. The van der Waals surface area contributed by atoms with E-state index in [-0.39, 0.29) is 0 Å². The molecule has 0 bridgehead atoms. The zero-order valence-corrected chi connectivity index (χ0v) is 12.0. The third-order valence-corrected chi connectivity index (χ3v) is 3.60. The standard InChI is InChI=1S/C15H17ClN2/c1-5-13-17-14(11(4)15(16)18-13)12-7-6-9(2)10(3)8-12/h6-8H,5H2,1-4H3. The molecule has 0 saturated heterocycles. The van der Waals surface area contributed by atoms with E-state index in [9.17, 15) is 0 Å². The molecule has 0 aliphatic rings. The molecule has 1 aromatic carbocycles. The Kier molecular flexibility index (Phi) is 3.67. The largest absolute Gasteiger partial charge is 0.233 e. The Balaban J connectivity index is 2.62. The topological polar surface area (TPSA) is 25.8 Å². The summed E-state index contributed by atoms with van der Waals surface area (Å²) in [5.74, 6) is 0.791. The van der Waals surface area contributed by atoms with E-state index in [0.717, 1.165) is 29.1 Å². The highest BCUT2D eigenvalue weighted by Gasteiger charge is 2.11. The van der Waals surface area contributed by atoms with Crippen molar-refractivity contribution in [3.63, 3.8) is 0 Å². The molecule has 0 spiro atoms. The van der Waals surface area contributed by atoms with E-state index < -0.39 is 0 Å². The van der Waals surface area contributed by atoms with Gasteiger partial charge in [0.25, 0.3) is 0 Å². The van der Waals surface area contributed by atoms with Crippen LogP contribution in [-0.4, -0.2) is 9.97 Å². The summed E-state index contributed by atoms with van der Waals surface area (Å²) in [6.45, 7) is 8.21. The van der Waals surface area contributed by atoms with Crippen LogP contribution in [0.2, 0.25) is 5.15 Å². The first-order valence-electron chi connectivity index (χ1n) is 6.13. The Bertz CT molecular complexity index is 591. The average molecular weight is 261 g/mol. The van der Waals surface area contributed by atoms with Gasteiger partial charge in [0.15, 0.2) is 0 Å². The van der Waals surface area contributed by atoms with Crippen molar-refractivity contribution in [2.45, 2.75) is 34.1 Å². The van der Waals surface area contributed by atoms with Crippen molar-refractivity contribution in [3.8, 4) is 11.3 Å². The Morgan fingerprint density at radius 2 is 1.78 bits per heavy atom. The van der Waals surface area contributed by atoms with Crippen LogP contribution in [0.1, 0.15) is 29.4 Å². The molecule has 0 N–H and O–H groups in total. The highest BCUT2D eigenvalue weighted by molar-refractivity contribution is 6.30. The van der Waals surface area contributed by atoms with Crippen LogP contribution in [0.4, 0.5) is 0 Å². The normalized spacial score (nSPS) is 10.7. The summed E-state index contributed by atoms with van der Waals surface area (Å²) in [6, 6.07) is 6.36. The van der Waals surface area contributed by atoms with Gasteiger partial charge in [0.05, 0.1) is 5.69 Å². The number of rotatable bonds is 2. The zero-order valence-electron chi connectivity index (χ0n) is 11.2. The number of hydrogen-bond donors (Lipinski definition) is 0. The molecular formula is C15H17ClN2. The summed E-state index contributed by atoms with van der Waals surface area (Å²) in [7, 11) is 0. The summed E-state index contributed by atoms with van der Waals surface area (Å²) in [5, 5.41) is 0.551. The molecule has 0 aliphatic carbocycles. The minimum Gasteiger partial charge on any atom is -0.233 e. The van der Waals surface area contributed by atoms with Gasteiger partial charge < -0.3 is 0 Å². The van der Waals surface area contributed by atoms with Gasteiger partial charge in [0, 0.05) is 17.5 Å². The third-order valence-electron chi connectivity index (χ3n) is 3.23. The Morgan fingerprint density at radius 3 is 2.39 bits per heavy atom. The Labute approximate surface area is 113 Å². The molecule has 0 radical (unpaired) electrons. The molecule has 0 saturated carbocycles. The van der Waals surface area contributed by atoms with Gasteiger partial charge in [-0.05, 0) is 38.0 Å². The smallest absolute Gasteiger partial charge is 0.136 e. The molecule has 0 aliphatic heterocycles. The molecule has 0 amide bonds. The minimum atomic E-state index is 0.551. The third kappa shape index (κ3) is 2.39. The lowest BCUT2D eigenvalue weighted by molar-refractivity contribution is 0.934. The van der Waals surface area contributed by atoms with Crippen LogP contribution in [0.3, 0.4) is 0 Å². The van der Waals surface area contributed by atoms with E-state index in [4.69, 9.17) is 11.6 Å². The highest BCUT2D eigenvalue weighted by Crippen LogP contribution is 2.27. The van der Waals surface area contributed by atoms with Crippen molar-refractivity contribution in [3.05, 3.63) is 45.9 Å². The first-order valence-corrected chi connectivity index (χ1v) is 6.51. The predicted octanol–water partition coefficient (Wildman–Crippen LogP) is 4.28. The molecule has 1 heterocycles. The molecule has 0 fully saturated rings. The van der Waals surface area contributed by atoms with E-state index in [1.54, 1.807) is 0 Å². The lowest BCUT2D eigenvalue weighted by Gasteiger charge is -2.10. The van der Waals surface area contributed by atoms with Gasteiger partial charge in [-0.2, -0.15) is 0 Å². The number of halogens is 1. The first kappa shape index (κ1) is 13.0. The van der Waals surface area contributed by atoms with Crippen molar-refractivity contribution in [1.82, 2.24) is 9.97 Å². The number of aromatic nitrogens is 2. The van der Waals surface area contributed by atoms with E-state index in [0.29, 0.717) is 5.15 Å². The van der Waals surface area contributed by atoms with Gasteiger partial charge in [0.2, 0.25) is 0 Å². The molecule has 2 rings (SSSR count). The van der Waals surface area contributed by atoms with Crippen LogP contribution in [0.25, 0.3) is 11.3 Å². The number of nitrogens with zero attached hydrogens (tertiary/aromatic N) is 2. The number of aryl methyl sites for hydroxylation is 3. The van der Waals surface area contributed by atoms with Crippen LogP contribution in [0.15, 0.2) is 18.2 Å². The molecule has 2 nitrogen and oxygen atoms in total. The summed E-state index contributed by atoms with van der Waals surface area (Å²) < 4.78 is 0. The average Bonchev–Trinajstić information content (AvgIpc) is 2.36. The highest BCUT2D eigenvalue weighted by atomic mass is 35.5. The molecule has 0 unspecified atom stereocenters. The van der Waals surface area contributed by atoms with Crippen LogP contribution >= 0.6 is 11.6 Å². The maximum absolute atomic E-state index is 6.17. The van der Waals surface area contributed by atoms with E-state index in [1.807, 2.05) is 13.8 Å². The van der Waals surface area contributed by atoms with E-state index >= 15 is 0 Å². The van der Waals surface area contributed by atoms with Gasteiger partial charge in [0.1, 0.15) is 11.0 Å². The van der Waals surface area contributed by atoms with Crippen molar-refractivity contribution < 1.29 is 0 Å². The Hall–Kier alpha value is -1.41. The van der Waals surface area contributed by atoms with Crippen molar-refractivity contribution in [1.29, 1.82) is 0 Å². The molecule has 18 heavy (non-hydrogen) atoms. The molecular weight excluding hydrogens is 244 g/mol. The van der Waals surface area contributed by atoms with Crippen molar-refractivity contribution in [2.75, 3.05) is 0 Å². The zero-order chi connectivity index (χ0) is 13.3. The minimum absolute atomic E-state index is 0.551. The van der Waals surface area contributed by atoms with E-state index in [2.05, 4.69) is 42.0 Å². The first-order chi connectivity index (χ1) is 8.52. The van der Waals surface area contributed by atoms with Crippen molar-refractivity contribution >= 4 is 11.6 Å². The maximum Gasteiger partial charge on any atom is 0.136 e. The summed E-state index contributed by atoms with van der Waals surface area (Å²) in [5.41, 5.74) is 5.54. The fourth-order valence-corrected chi connectivity index (χ4v) is 2.05. The molecule has 0 atom stereocenters. The van der Waals surface area contributed by atoms with Gasteiger partial charge in [-0.15, -0.1) is 0 Å². The second-order valence-corrected chi connectivity index (χ2v) is 4.91. The SMILES string of the molecule is CCc1nc(Cl)c(C)c(-c2ccc(C)c(C)c2)n1. The van der Waals surface area contributed by atoms with Crippen LogP contribution in [0, 0.1) is 20.8 Å². The number of benzene rings is 1. The van der Waals surface area contributed by atoms with Gasteiger partial charge in [-0.1, -0.05) is 30.7 Å².